The molecule has 0 fully saturated rings. The van der Waals surface area contributed by atoms with E-state index in [9.17, 15) is 4.79 Å². The molecule has 0 aliphatic carbocycles. The summed E-state index contributed by atoms with van der Waals surface area (Å²) in [5, 5.41) is 15.7. The predicted octanol–water partition coefficient (Wildman–Crippen LogP) is 1.97. The molecule has 0 spiro atoms. The Morgan fingerprint density at radius 1 is 1.32 bits per heavy atom. The minimum atomic E-state index is -0.171. The fraction of sp³-hybridized carbons (Fsp3) is 0.286. The third kappa shape index (κ3) is 3.13. The normalized spacial score (nSPS) is 10.4. The second-order valence-electron chi connectivity index (χ2n) is 4.37. The van der Waals surface area contributed by atoms with Crippen molar-refractivity contribution in [1.29, 1.82) is 0 Å². The number of rotatable bonds is 4. The Morgan fingerprint density at radius 2 is 2.00 bits per heavy atom. The van der Waals surface area contributed by atoms with Crippen molar-refractivity contribution >= 4 is 5.91 Å². The molecule has 1 heterocycles. The summed E-state index contributed by atoms with van der Waals surface area (Å²) in [6, 6.07) is 6.92. The second kappa shape index (κ2) is 5.56. The topological polar surface area (TPSA) is 75.4 Å². The highest BCUT2D eigenvalue weighted by Crippen LogP contribution is 2.12. The van der Waals surface area contributed by atoms with Gasteiger partial charge in [0.1, 0.15) is 17.1 Å². The van der Waals surface area contributed by atoms with Gasteiger partial charge in [0, 0.05) is 6.54 Å². The first-order valence-corrected chi connectivity index (χ1v) is 6.07. The molecule has 0 atom stereocenters. The molecule has 0 aliphatic rings. The summed E-state index contributed by atoms with van der Waals surface area (Å²) in [5.41, 5.74) is 2.15. The summed E-state index contributed by atoms with van der Waals surface area (Å²) in [4.78, 5) is 11.9. The lowest BCUT2D eigenvalue weighted by Gasteiger charge is -2.05. The van der Waals surface area contributed by atoms with Gasteiger partial charge < -0.3 is 14.9 Å². The Morgan fingerprint density at radius 3 is 2.58 bits per heavy atom. The number of nitrogens with zero attached hydrogens (tertiary/aromatic N) is 1. The van der Waals surface area contributed by atoms with Gasteiger partial charge in [0.05, 0.1) is 5.69 Å². The van der Waals surface area contributed by atoms with Crippen molar-refractivity contribution < 1.29 is 14.4 Å². The van der Waals surface area contributed by atoms with Gasteiger partial charge in [-0.05, 0) is 38.0 Å². The maximum atomic E-state index is 11.9. The number of phenolic OH excluding ortho intramolecular Hbond substituents is 1. The summed E-state index contributed by atoms with van der Waals surface area (Å²) < 4.78 is 4.96. The number of aryl methyl sites for hydroxylation is 2. The van der Waals surface area contributed by atoms with Crippen molar-refractivity contribution in [1.82, 2.24) is 10.5 Å². The highest BCUT2D eigenvalue weighted by atomic mass is 16.5. The van der Waals surface area contributed by atoms with Crippen molar-refractivity contribution in [2.75, 3.05) is 6.54 Å². The Hall–Kier alpha value is -2.30. The standard InChI is InChI=1S/C14H16N2O3/c1-9-13(10(2)19-16-9)14(18)15-8-7-11-3-5-12(17)6-4-11/h3-6,17H,7-8H2,1-2H3,(H,15,18). The van der Waals surface area contributed by atoms with Gasteiger partial charge >= 0.3 is 0 Å². The average molecular weight is 260 g/mol. The molecule has 1 amide bonds. The number of carbonyl (C=O) groups excluding carboxylic acids is 1. The molecule has 2 rings (SSSR count). The molecule has 0 aliphatic heterocycles. The fourth-order valence-electron chi connectivity index (χ4n) is 1.88. The highest BCUT2D eigenvalue weighted by Gasteiger charge is 2.16. The SMILES string of the molecule is Cc1noc(C)c1C(=O)NCCc1ccc(O)cc1. The molecule has 100 valence electrons. The van der Waals surface area contributed by atoms with E-state index in [-0.39, 0.29) is 11.7 Å². The van der Waals surface area contributed by atoms with Crippen LogP contribution in [0.2, 0.25) is 0 Å². The molecule has 0 saturated carbocycles. The van der Waals surface area contributed by atoms with Crippen molar-refractivity contribution in [2.24, 2.45) is 0 Å². The number of phenols is 1. The van der Waals surface area contributed by atoms with Crippen molar-refractivity contribution in [2.45, 2.75) is 20.3 Å². The number of carbonyl (C=O) groups is 1. The first-order chi connectivity index (χ1) is 9.08. The summed E-state index contributed by atoms with van der Waals surface area (Å²) in [6.45, 7) is 3.98. The van der Waals surface area contributed by atoms with Crippen LogP contribution in [0.25, 0.3) is 0 Å². The number of aromatic nitrogens is 1. The fourth-order valence-corrected chi connectivity index (χ4v) is 1.88. The van der Waals surface area contributed by atoms with Crippen LogP contribution in [0.5, 0.6) is 5.75 Å². The maximum Gasteiger partial charge on any atom is 0.256 e. The quantitative estimate of drug-likeness (QED) is 0.881. The van der Waals surface area contributed by atoms with Crippen LogP contribution in [0.1, 0.15) is 27.4 Å². The van der Waals surface area contributed by atoms with Gasteiger partial charge in [-0.15, -0.1) is 0 Å². The predicted molar refractivity (Wildman–Crippen MR) is 70.1 cm³/mol. The van der Waals surface area contributed by atoms with E-state index in [1.165, 1.54) is 0 Å². The summed E-state index contributed by atoms with van der Waals surface area (Å²) >= 11 is 0. The van der Waals surface area contributed by atoms with Crippen LogP contribution >= 0.6 is 0 Å². The largest absolute Gasteiger partial charge is 0.508 e. The molecular weight excluding hydrogens is 244 g/mol. The van der Waals surface area contributed by atoms with Gasteiger partial charge in [-0.3, -0.25) is 4.79 Å². The van der Waals surface area contributed by atoms with Crippen LogP contribution in [0.3, 0.4) is 0 Å². The number of nitrogens with one attached hydrogen (secondary N) is 1. The van der Waals surface area contributed by atoms with E-state index in [0.717, 1.165) is 5.56 Å². The number of benzene rings is 1. The van der Waals surface area contributed by atoms with Gasteiger partial charge in [-0.2, -0.15) is 0 Å². The van der Waals surface area contributed by atoms with Gasteiger partial charge in [-0.25, -0.2) is 0 Å². The lowest BCUT2D eigenvalue weighted by Crippen LogP contribution is -2.26. The Kier molecular flexibility index (Phi) is 3.85. The minimum absolute atomic E-state index is 0.171. The monoisotopic (exact) mass is 260 g/mol. The van der Waals surface area contributed by atoms with E-state index in [2.05, 4.69) is 10.5 Å². The van der Waals surface area contributed by atoms with Crippen molar-refractivity contribution in [3.8, 4) is 5.75 Å². The number of hydrogen-bond acceptors (Lipinski definition) is 4. The van der Waals surface area contributed by atoms with Crippen LogP contribution in [-0.4, -0.2) is 22.7 Å². The van der Waals surface area contributed by atoms with Gasteiger partial charge in [0.15, 0.2) is 0 Å². The summed E-state index contributed by atoms with van der Waals surface area (Å²) in [5.74, 6) is 0.596. The molecule has 0 bridgehead atoms. The van der Waals surface area contributed by atoms with Crippen LogP contribution in [-0.2, 0) is 6.42 Å². The van der Waals surface area contributed by atoms with E-state index in [1.807, 2.05) is 12.1 Å². The lowest BCUT2D eigenvalue weighted by molar-refractivity contribution is 0.0952. The Labute approximate surface area is 111 Å². The maximum absolute atomic E-state index is 11.9. The molecule has 2 N–H and O–H groups in total. The number of aromatic hydroxyl groups is 1. The first kappa shape index (κ1) is 13.1. The lowest BCUT2D eigenvalue weighted by atomic mass is 10.1. The molecule has 2 aromatic rings. The number of hydrogen-bond donors (Lipinski definition) is 2. The van der Waals surface area contributed by atoms with E-state index in [0.29, 0.717) is 30.0 Å². The average Bonchev–Trinajstić information content (AvgIpc) is 2.71. The molecule has 5 heteroatoms. The molecule has 5 nitrogen and oxygen atoms in total. The Bertz CT molecular complexity index is 553. The molecule has 0 unspecified atom stereocenters. The van der Waals surface area contributed by atoms with Crippen LogP contribution in [0.15, 0.2) is 28.8 Å². The van der Waals surface area contributed by atoms with Crippen LogP contribution in [0.4, 0.5) is 0 Å². The molecule has 1 aromatic heterocycles. The molecule has 0 radical (unpaired) electrons. The molecule has 1 aromatic carbocycles. The minimum Gasteiger partial charge on any atom is -0.508 e. The van der Waals surface area contributed by atoms with Crippen molar-refractivity contribution in [3.05, 3.63) is 46.8 Å². The summed E-state index contributed by atoms with van der Waals surface area (Å²) in [7, 11) is 0. The number of amides is 1. The zero-order valence-corrected chi connectivity index (χ0v) is 10.9. The Balaban J connectivity index is 1.89. The van der Waals surface area contributed by atoms with E-state index in [4.69, 9.17) is 9.63 Å². The van der Waals surface area contributed by atoms with E-state index < -0.39 is 0 Å². The zero-order valence-electron chi connectivity index (χ0n) is 10.9. The van der Waals surface area contributed by atoms with E-state index >= 15 is 0 Å². The van der Waals surface area contributed by atoms with Crippen LogP contribution in [0, 0.1) is 13.8 Å². The van der Waals surface area contributed by atoms with Crippen LogP contribution < -0.4 is 5.32 Å². The highest BCUT2D eigenvalue weighted by molar-refractivity contribution is 5.96. The first-order valence-electron chi connectivity index (χ1n) is 6.07. The van der Waals surface area contributed by atoms with E-state index in [1.54, 1.807) is 26.0 Å². The molecular formula is C14H16N2O3. The third-order valence-electron chi connectivity index (χ3n) is 2.90. The van der Waals surface area contributed by atoms with Gasteiger partial charge in [0.2, 0.25) is 0 Å². The van der Waals surface area contributed by atoms with Crippen molar-refractivity contribution in [3.63, 3.8) is 0 Å². The molecule has 0 saturated heterocycles. The third-order valence-corrected chi connectivity index (χ3v) is 2.90. The molecule has 19 heavy (non-hydrogen) atoms. The second-order valence-corrected chi connectivity index (χ2v) is 4.37. The van der Waals surface area contributed by atoms with Gasteiger partial charge in [-0.1, -0.05) is 17.3 Å². The van der Waals surface area contributed by atoms with Gasteiger partial charge in [0.25, 0.3) is 5.91 Å². The summed E-state index contributed by atoms with van der Waals surface area (Å²) in [6.07, 6.45) is 0.704. The smallest absolute Gasteiger partial charge is 0.256 e. The zero-order chi connectivity index (χ0) is 13.8.